The van der Waals surface area contributed by atoms with Gasteiger partial charge in [-0.05, 0) is 60.8 Å². The van der Waals surface area contributed by atoms with Crippen LogP contribution in [-0.2, 0) is 6.42 Å². The molecule has 1 aromatic rings. The van der Waals surface area contributed by atoms with Crippen molar-refractivity contribution in [2.75, 3.05) is 0 Å². The first-order chi connectivity index (χ1) is 8.63. The third-order valence-electron chi connectivity index (χ3n) is 4.72. The maximum atomic E-state index is 10.4. The van der Waals surface area contributed by atoms with Crippen LogP contribution in [0.1, 0.15) is 31.2 Å². The summed E-state index contributed by atoms with van der Waals surface area (Å²) in [6, 6.07) is 5.48. The van der Waals surface area contributed by atoms with Crippen molar-refractivity contribution < 1.29 is 5.11 Å². The van der Waals surface area contributed by atoms with E-state index in [4.69, 9.17) is 23.2 Å². The summed E-state index contributed by atoms with van der Waals surface area (Å²) >= 11 is 12.1. The van der Waals surface area contributed by atoms with Gasteiger partial charge in [0, 0.05) is 16.5 Å². The summed E-state index contributed by atoms with van der Waals surface area (Å²) < 4.78 is 0. The molecule has 2 fully saturated rings. The molecule has 3 heteroatoms. The van der Waals surface area contributed by atoms with E-state index in [-0.39, 0.29) is 6.10 Å². The molecular formula is C15H18Cl2O. The highest BCUT2D eigenvalue weighted by atomic mass is 35.5. The molecule has 0 saturated heterocycles. The van der Waals surface area contributed by atoms with Crippen LogP contribution in [0.25, 0.3) is 0 Å². The standard InChI is InChI=1S/C15H18Cl2O/c16-12-3-4-14(17)11(7-12)8-15(18)13-6-9-1-2-10(13)5-9/h3-4,7,9-10,13,15,18H,1-2,5-6,8H2. The Balaban J connectivity index is 1.70. The normalized spacial score (nSPS) is 31.8. The van der Waals surface area contributed by atoms with Gasteiger partial charge in [0.1, 0.15) is 0 Å². The minimum atomic E-state index is -0.267. The van der Waals surface area contributed by atoms with Crippen LogP contribution in [0.4, 0.5) is 0 Å². The molecule has 3 rings (SSSR count). The second-order valence-corrected chi connectivity index (χ2v) is 6.69. The Bertz CT molecular complexity index is 446. The van der Waals surface area contributed by atoms with Gasteiger partial charge in [0.05, 0.1) is 6.10 Å². The van der Waals surface area contributed by atoms with Gasteiger partial charge in [-0.1, -0.05) is 29.6 Å². The lowest BCUT2D eigenvalue weighted by molar-refractivity contribution is 0.0751. The maximum Gasteiger partial charge on any atom is 0.0612 e. The Morgan fingerprint density at radius 3 is 2.72 bits per heavy atom. The molecule has 1 N–H and O–H groups in total. The summed E-state index contributed by atoms with van der Waals surface area (Å²) in [4.78, 5) is 0. The second-order valence-electron chi connectivity index (χ2n) is 5.85. The molecule has 0 radical (unpaired) electrons. The molecular weight excluding hydrogens is 267 g/mol. The van der Waals surface area contributed by atoms with Crippen molar-refractivity contribution in [1.29, 1.82) is 0 Å². The average Bonchev–Trinajstić information content (AvgIpc) is 2.96. The van der Waals surface area contributed by atoms with Gasteiger partial charge in [-0.3, -0.25) is 0 Å². The first-order valence-electron chi connectivity index (χ1n) is 6.75. The van der Waals surface area contributed by atoms with E-state index >= 15 is 0 Å². The summed E-state index contributed by atoms with van der Waals surface area (Å²) in [5, 5.41) is 11.8. The molecule has 0 amide bonds. The van der Waals surface area contributed by atoms with Gasteiger partial charge in [-0.25, -0.2) is 0 Å². The SMILES string of the molecule is OC(Cc1cc(Cl)ccc1Cl)C1CC2CCC1C2. The second kappa shape index (κ2) is 5.03. The van der Waals surface area contributed by atoms with E-state index in [0.717, 1.165) is 17.4 Å². The first kappa shape index (κ1) is 12.8. The third-order valence-corrected chi connectivity index (χ3v) is 5.33. The zero-order valence-corrected chi connectivity index (χ0v) is 11.8. The van der Waals surface area contributed by atoms with Crippen LogP contribution in [0.3, 0.4) is 0 Å². The first-order valence-corrected chi connectivity index (χ1v) is 7.51. The van der Waals surface area contributed by atoms with Gasteiger partial charge < -0.3 is 5.11 Å². The molecule has 0 heterocycles. The average molecular weight is 285 g/mol. The molecule has 0 aliphatic heterocycles. The van der Waals surface area contributed by atoms with Gasteiger partial charge in [0.25, 0.3) is 0 Å². The van der Waals surface area contributed by atoms with Gasteiger partial charge >= 0.3 is 0 Å². The minimum Gasteiger partial charge on any atom is -0.392 e. The zero-order valence-electron chi connectivity index (χ0n) is 10.3. The summed E-state index contributed by atoms with van der Waals surface area (Å²) in [5.74, 6) is 2.08. The third kappa shape index (κ3) is 2.41. The maximum absolute atomic E-state index is 10.4. The molecule has 0 spiro atoms. The highest BCUT2D eigenvalue weighted by Gasteiger charge is 2.42. The Morgan fingerprint density at radius 1 is 1.22 bits per heavy atom. The predicted octanol–water partition coefficient (Wildman–Crippen LogP) is 4.33. The minimum absolute atomic E-state index is 0.267. The number of hydrogen-bond acceptors (Lipinski definition) is 1. The Labute approximate surface area is 118 Å². The number of benzene rings is 1. The van der Waals surface area contributed by atoms with E-state index in [9.17, 15) is 5.11 Å². The number of aliphatic hydroxyl groups excluding tert-OH is 1. The topological polar surface area (TPSA) is 20.2 Å². The molecule has 2 saturated carbocycles. The number of fused-ring (bicyclic) bond motifs is 2. The molecule has 4 unspecified atom stereocenters. The lowest BCUT2D eigenvalue weighted by Crippen LogP contribution is -2.27. The van der Waals surface area contributed by atoms with E-state index in [1.54, 1.807) is 6.07 Å². The van der Waals surface area contributed by atoms with E-state index in [1.807, 2.05) is 12.1 Å². The zero-order chi connectivity index (χ0) is 12.7. The lowest BCUT2D eigenvalue weighted by atomic mass is 9.82. The molecule has 2 aliphatic carbocycles. The monoisotopic (exact) mass is 284 g/mol. The van der Waals surface area contributed by atoms with Crippen LogP contribution in [0.5, 0.6) is 0 Å². The van der Waals surface area contributed by atoms with Crippen molar-refractivity contribution in [2.24, 2.45) is 17.8 Å². The molecule has 98 valence electrons. The molecule has 2 bridgehead atoms. The Hall–Kier alpha value is -0.240. The van der Waals surface area contributed by atoms with Crippen LogP contribution in [-0.4, -0.2) is 11.2 Å². The predicted molar refractivity (Wildman–Crippen MR) is 75.1 cm³/mol. The fourth-order valence-corrected chi connectivity index (χ4v) is 4.23. The summed E-state index contributed by atoms with van der Waals surface area (Å²) in [7, 11) is 0. The van der Waals surface area contributed by atoms with Crippen LogP contribution < -0.4 is 0 Å². The van der Waals surface area contributed by atoms with Gasteiger partial charge in [-0.15, -0.1) is 0 Å². The number of rotatable bonds is 3. The van der Waals surface area contributed by atoms with Crippen molar-refractivity contribution in [3.63, 3.8) is 0 Å². The number of hydrogen-bond donors (Lipinski definition) is 1. The van der Waals surface area contributed by atoms with Gasteiger partial charge in [0.2, 0.25) is 0 Å². The van der Waals surface area contributed by atoms with E-state index in [1.165, 1.54) is 25.7 Å². The summed E-state index contributed by atoms with van der Waals surface area (Å²) in [6.07, 6.45) is 5.56. The number of halogens is 2. The molecule has 18 heavy (non-hydrogen) atoms. The van der Waals surface area contributed by atoms with Crippen molar-refractivity contribution in [2.45, 2.75) is 38.2 Å². The smallest absolute Gasteiger partial charge is 0.0612 e. The quantitative estimate of drug-likeness (QED) is 0.876. The fraction of sp³-hybridized carbons (Fsp3) is 0.600. The van der Waals surface area contributed by atoms with Crippen molar-refractivity contribution >= 4 is 23.2 Å². The summed E-state index contributed by atoms with van der Waals surface area (Å²) in [5.41, 5.74) is 0.972. The molecule has 4 atom stereocenters. The fourth-order valence-electron chi connectivity index (χ4n) is 3.84. The Kier molecular flexibility index (Phi) is 3.57. The highest BCUT2D eigenvalue weighted by Crippen LogP contribution is 2.50. The Morgan fingerprint density at radius 2 is 2.06 bits per heavy atom. The van der Waals surface area contributed by atoms with Crippen LogP contribution in [0.15, 0.2) is 18.2 Å². The van der Waals surface area contributed by atoms with Crippen molar-refractivity contribution in [3.05, 3.63) is 33.8 Å². The van der Waals surface area contributed by atoms with Crippen LogP contribution >= 0.6 is 23.2 Å². The van der Waals surface area contributed by atoms with E-state index in [0.29, 0.717) is 22.4 Å². The van der Waals surface area contributed by atoms with Gasteiger partial charge in [0.15, 0.2) is 0 Å². The molecule has 1 aromatic carbocycles. The van der Waals surface area contributed by atoms with Crippen LogP contribution in [0, 0.1) is 17.8 Å². The largest absolute Gasteiger partial charge is 0.392 e. The highest BCUT2D eigenvalue weighted by molar-refractivity contribution is 6.33. The summed E-state index contributed by atoms with van der Waals surface area (Å²) in [6.45, 7) is 0. The van der Waals surface area contributed by atoms with Crippen molar-refractivity contribution in [3.8, 4) is 0 Å². The molecule has 0 aromatic heterocycles. The van der Waals surface area contributed by atoms with Crippen LogP contribution in [0.2, 0.25) is 10.0 Å². The molecule has 2 aliphatic rings. The lowest BCUT2D eigenvalue weighted by Gasteiger charge is -2.27. The number of aliphatic hydroxyl groups is 1. The van der Waals surface area contributed by atoms with E-state index in [2.05, 4.69) is 0 Å². The van der Waals surface area contributed by atoms with Crippen molar-refractivity contribution in [1.82, 2.24) is 0 Å². The van der Waals surface area contributed by atoms with Gasteiger partial charge in [-0.2, -0.15) is 0 Å². The van der Waals surface area contributed by atoms with E-state index < -0.39 is 0 Å². The molecule has 1 nitrogen and oxygen atoms in total.